The molecule has 3 rings (SSSR count). The van der Waals surface area contributed by atoms with Gasteiger partial charge in [0, 0.05) is 70.9 Å². The van der Waals surface area contributed by atoms with E-state index in [2.05, 4.69) is 35.1 Å². The van der Waals surface area contributed by atoms with Gasteiger partial charge < -0.3 is 19.7 Å². The average Bonchev–Trinajstić information content (AvgIpc) is 2.79. The second-order valence-electron chi connectivity index (χ2n) is 8.78. The Balaban J connectivity index is 1.94. The average molecular weight is 455 g/mol. The van der Waals surface area contributed by atoms with Crippen molar-refractivity contribution >= 4 is 17.5 Å². The van der Waals surface area contributed by atoms with Crippen LogP contribution in [0, 0.1) is 5.92 Å². The Hall–Kier alpha value is -2.97. The molecular weight excluding hydrogens is 420 g/mol. The number of carbonyl (C=O) groups excluding carboxylic acids is 2. The number of ether oxygens (including phenoxy) is 2. The molecule has 8 nitrogen and oxygen atoms in total. The van der Waals surface area contributed by atoms with Crippen molar-refractivity contribution in [2.45, 2.75) is 39.5 Å². The highest BCUT2D eigenvalue weighted by atomic mass is 16.5. The fourth-order valence-electron chi connectivity index (χ4n) is 4.07. The highest BCUT2D eigenvalue weighted by Crippen LogP contribution is 2.27. The lowest BCUT2D eigenvalue weighted by molar-refractivity contribution is -0.114. The number of aromatic nitrogens is 1. The predicted octanol–water partition coefficient (Wildman–Crippen LogP) is 3.05. The summed E-state index contributed by atoms with van der Waals surface area (Å²) in [6.07, 6.45) is 3.53. The summed E-state index contributed by atoms with van der Waals surface area (Å²) in [6, 6.07) is 9.20. The van der Waals surface area contributed by atoms with Crippen LogP contribution in [0.2, 0.25) is 0 Å². The molecular formula is C25H34N4O4. The minimum atomic E-state index is -0.181. The van der Waals surface area contributed by atoms with Crippen LogP contribution in [0.15, 0.2) is 42.7 Å². The molecule has 3 atom stereocenters. The summed E-state index contributed by atoms with van der Waals surface area (Å²) in [4.78, 5) is 33.0. The Morgan fingerprint density at radius 3 is 2.73 bits per heavy atom. The van der Waals surface area contributed by atoms with Crippen molar-refractivity contribution in [3.63, 3.8) is 0 Å². The van der Waals surface area contributed by atoms with Gasteiger partial charge in [0.15, 0.2) is 0 Å². The fraction of sp³-hybridized carbons (Fsp3) is 0.480. The standard InChI is InChI=1S/C25H34N4O4/c1-17-13-29(14-20-7-6-10-26-12-20)18(2)16-33-23-11-21(27-19(3)30)8-9-22(23)25(31)28(4)15-24(17)32-5/h6-12,17-18,24H,13-16H2,1-5H3,(H,27,30)/t17-,18-,24+/m0/s1. The minimum Gasteiger partial charge on any atom is -0.491 e. The van der Waals surface area contributed by atoms with Crippen LogP contribution in [0.5, 0.6) is 5.75 Å². The van der Waals surface area contributed by atoms with Gasteiger partial charge in [0.25, 0.3) is 5.91 Å². The lowest BCUT2D eigenvalue weighted by Crippen LogP contribution is -2.46. The largest absolute Gasteiger partial charge is 0.491 e. The number of anilines is 1. The molecule has 0 radical (unpaired) electrons. The number of amides is 2. The van der Waals surface area contributed by atoms with Crippen molar-refractivity contribution < 1.29 is 19.1 Å². The normalized spacial score (nSPS) is 22.5. The minimum absolute atomic E-state index is 0.0645. The van der Waals surface area contributed by atoms with Gasteiger partial charge in [0.2, 0.25) is 5.91 Å². The maximum absolute atomic E-state index is 13.2. The van der Waals surface area contributed by atoms with E-state index in [9.17, 15) is 9.59 Å². The molecule has 2 aromatic rings. The summed E-state index contributed by atoms with van der Waals surface area (Å²) >= 11 is 0. The van der Waals surface area contributed by atoms with Gasteiger partial charge in [-0.25, -0.2) is 0 Å². The molecule has 0 aliphatic carbocycles. The number of nitrogens with one attached hydrogen (secondary N) is 1. The van der Waals surface area contributed by atoms with Crippen LogP contribution in [0.3, 0.4) is 0 Å². The summed E-state index contributed by atoms with van der Waals surface area (Å²) in [5, 5.41) is 2.76. The number of methoxy groups -OCH3 is 1. The Labute approximate surface area is 195 Å². The molecule has 1 aromatic carbocycles. The molecule has 0 bridgehead atoms. The van der Waals surface area contributed by atoms with Gasteiger partial charge in [0.1, 0.15) is 12.4 Å². The topological polar surface area (TPSA) is 84.0 Å². The number of pyridine rings is 1. The summed E-state index contributed by atoms with van der Waals surface area (Å²) in [5.74, 6) is 0.313. The van der Waals surface area contributed by atoms with Gasteiger partial charge in [-0.3, -0.25) is 19.5 Å². The molecule has 1 N–H and O–H groups in total. The molecule has 1 aliphatic rings. The molecule has 0 saturated heterocycles. The van der Waals surface area contributed by atoms with Crippen LogP contribution in [0.25, 0.3) is 0 Å². The maximum Gasteiger partial charge on any atom is 0.257 e. The van der Waals surface area contributed by atoms with Crippen molar-refractivity contribution in [2.75, 3.05) is 39.2 Å². The molecule has 0 saturated carbocycles. The third-order valence-corrected chi connectivity index (χ3v) is 6.00. The maximum atomic E-state index is 13.2. The van der Waals surface area contributed by atoms with E-state index in [4.69, 9.17) is 9.47 Å². The van der Waals surface area contributed by atoms with E-state index in [0.717, 1.165) is 18.7 Å². The molecule has 1 aliphatic heterocycles. The van der Waals surface area contributed by atoms with Crippen LogP contribution in [-0.2, 0) is 16.1 Å². The Kier molecular flexibility index (Phi) is 8.41. The van der Waals surface area contributed by atoms with Gasteiger partial charge in [-0.05, 0) is 36.6 Å². The summed E-state index contributed by atoms with van der Waals surface area (Å²) in [6.45, 7) is 8.06. The number of rotatable bonds is 4. The predicted molar refractivity (Wildman–Crippen MR) is 127 cm³/mol. The number of hydrogen-bond donors (Lipinski definition) is 1. The molecule has 8 heteroatoms. The van der Waals surface area contributed by atoms with Gasteiger partial charge in [-0.2, -0.15) is 0 Å². The van der Waals surface area contributed by atoms with Crippen LogP contribution < -0.4 is 10.1 Å². The Bertz CT molecular complexity index is 953. The summed E-state index contributed by atoms with van der Waals surface area (Å²) in [5.41, 5.74) is 2.17. The van der Waals surface area contributed by atoms with Crippen LogP contribution in [0.4, 0.5) is 5.69 Å². The molecule has 178 valence electrons. The quantitative estimate of drug-likeness (QED) is 0.765. The van der Waals surface area contributed by atoms with Gasteiger partial charge in [-0.1, -0.05) is 13.0 Å². The van der Waals surface area contributed by atoms with Gasteiger partial charge in [-0.15, -0.1) is 0 Å². The lowest BCUT2D eigenvalue weighted by atomic mass is 10.0. The Morgan fingerprint density at radius 1 is 1.27 bits per heavy atom. The molecule has 0 fully saturated rings. The molecule has 0 unspecified atom stereocenters. The first-order valence-electron chi connectivity index (χ1n) is 11.2. The van der Waals surface area contributed by atoms with Crippen LogP contribution in [-0.4, -0.2) is 72.6 Å². The van der Waals surface area contributed by atoms with E-state index >= 15 is 0 Å². The number of likely N-dealkylation sites (N-methyl/N-ethyl adjacent to an activating group) is 1. The molecule has 2 amide bonds. The monoisotopic (exact) mass is 454 g/mol. The highest BCUT2D eigenvalue weighted by Gasteiger charge is 2.28. The van der Waals surface area contributed by atoms with E-state index in [1.54, 1.807) is 43.5 Å². The molecule has 33 heavy (non-hydrogen) atoms. The lowest BCUT2D eigenvalue weighted by Gasteiger charge is -2.36. The van der Waals surface area contributed by atoms with Crippen molar-refractivity contribution in [3.05, 3.63) is 53.9 Å². The first kappa shape index (κ1) is 24.7. The van der Waals surface area contributed by atoms with Crippen molar-refractivity contribution in [1.82, 2.24) is 14.8 Å². The first-order valence-corrected chi connectivity index (χ1v) is 11.2. The van der Waals surface area contributed by atoms with Gasteiger partial charge in [0.05, 0.1) is 11.7 Å². The second-order valence-corrected chi connectivity index (χ2v) is 8.78. The third kappa shape index (κ3) is 6.52. The third-order valence-electron chi connectivity index (χ3n) is 6.00. The SMILES string of the molecule is CO[C@@H]1CN(C)C(=O)c2ccc(NC(C)=O)cc2OC[C@H](C)N(Cc2cccnc2)C[C@@H]1C. The van der Waals surface area contributed by atoms with E-state index in [1.807, 2.05) is 12.3 Å². The Morgan fingerprint density at radius 2 is 2.06 bits per heavy atom. The zero-order chi connectivity index (χ0) is 24.0. The summed E-state index contributed by atoms with van der Waals surface area (Å²) in [7, 11) is 3.46. The first-order chi connectivity index (χ1) is 15.8. The fourth-order valence-corrected chi connectivity index (χ4v) is 4.07. The van der Waals surface area contributed by atoms with Crippen LogP contribution in [0.1, 0.15) is 36.7 Å². The van der Waals surface area contributed by atoms with E-state index < -0.39 is 0 Å². The smallest absolute Gasteiger partial charge is 0.257 e. The highest BCUT2D eigenvalue weighted by molar-refractivity contribution is 5.98. The number of carbonyl (C=O) groups is 2. The number of nitrogens with zero attached hydrogens (tertiary/aromatic N) is 3. The molecule has 1 aromatic heterocycles. The van der Waals surface area contributed by atoms with Crippen molar-refractivity contribution in [2.24, 2.45) is 5.92 Å². The zero-order valence-corrected chi connectivity index (χ0v) is 20.1. The molecule has 2 heterocycles. The van der Waals surface area contributed by atoms with E-state index in [-0.39, 0.29) is 29.9 Å². The zero-order valence-electron chi connectivity index (χ0n) is 20.1. The number of fused-ring (bicyclic) bond motifs is 1. The second kappa shape index (κ2) is 11.2. The number of benzene rings is 1. The van der Waals surface area contributed by atoms with E-state index in [0.29, 0.717) is 30.2 Å². The van der Waals surface area contributed by atoms with Crippen molar-refractivity contribution in [1.29, 1.82) is 0 Å². The summed E-state index contributed by atoms with van der Waals surface area (Å²) < 4.78 is 12.0. The van der Waals surface area contributed by atoms with Crippen LogP contribution >= 0.6 is 0 Å². The molecule has 0 spiro atoms. The van der Waals surface area contributed by atoms with Crippen molar-refractivity contribution in [3.8, 4) is 5.75 Å². The van der Waals surface area contributed by atoms with E-state index in [1.165, 1.54) is 6.92 Å². The number of hydrogen-bond acceptors (Lipinski definition) is 6. The van der Waals surface area contributed by atoms with Gasteiger partial charge >= 0.3 is 0 Å².